The van der Waals surface area contributed by atoms with Gasteiger partial charge in [0.15, 0.2) is 9.84 Å². The van der Waals surface area contributed by atoms with Crippen LogP contribution in [0.3, 0.4) is 0 Å². The zero-order valence-electron chi connectivity index (χ0n) is 12.3. The van der Waals surface area contributed by atoms with E-state index < -0.39 is 9.84 Å². The van der Waals surface area contributed by atoms with Crippen molar-refractivity contribution in [3.8, 4) is 0 Å². The van der Waals surface area contributed by atoms with E-state index in [1.165, 1.54) is 0 Å². The lowest BCUT2D eigenvalue weighted by molar-refractivity contribution is 0.0683. The fraction of sp³-hybridized carbons (Fsp3) is 0.312. The van der Waals surface area contributed by atoms with Crippen LogP contribution in [0.5, 0.6) is 0 Å². The summed E-state index contributed by atoms with van der Waals surface area (Å²) in [4.78, 5) is 15.6. The highest BCUT2D eigenvalue weighted by molar-refractivity contribution is 7.91. The Balaban J connectivity index is 1.89. The van der Waals surface area contributed by atoms with Crippen molar-refractivity contribution in [3.05, 3.63) is 57.2 Å². The van der Waals surface area contributed by atoms with Crippen molar-refractivity contribution in [2.75, 3.05) is 11.5 Å². The normalized spacial score (nSPS) is 19.6. The van der Waals surface area contributed by atoms with Crippen LogP contribution in [0.25, 0.3) is 0 Å². The Labute approximate surface area is 144 Å². The Morgan fingerprint density at radius 2 is 2.13 bits per heavy atom. The van der Waals surface area contributed by atoms with Crippen molar-refractivity contribution in [2.45, 2.75) is 19.0 Å². The fourth-order valence-electron chi connectivity index (χ4n) is 2.75. The number of nitrogens with zero attached hydrogens (tertiary/aromatic N) is 1. The summed E-state index contributed by atoms with van der Waals surface area (Å²) in [6.07, 6.45) is 0.486. The zero-order valence-corrected chi connectivity index (χ0v) is 14.7. The van der Waals surface area contributed by atoms with E-state index in [1.54, 1.807) is 40.5 Å². The van der Waals surface area contributed by atoms with Crippen molar-refractivity contribution in [1.29, 1.82) is 0 Å². The molecule has 1 fully saturated rings. The van der Waals surface area contributed by atoms with Gasteiger partial charge in [0.25, 0.3) is 5.91 Å². The lowest BCUT2D eigenvalue weighted by atomic mass is 10.1. The summed E-state index contributed by atoms with van der Waals surface area (Å²) in [6.45, 7) is 0.420. The van der Waals surface area contributed by atoms with Gasteiger partial charge in [0.2, 0.25) is 0 Å². The fourth-order valence-corrected chi connectivity index (χ4v) is 5.37. The van der Waals surface area contributed by atoms with Gasteiger partial charge in [-0.3, -0.25) is 4.79 Å². The molecule has 0 saturated carbocycles. The third kappa shape index (κ3) is 3.94. The summed E-state index contributed by atoms with van der Waals surface area (Å²) >= 11 is 7.53. The van der Waals surface area contributed by atoms with Crippen LogP contribution in [0.1, 0.15) is 21.7 Å². The summed E-state index contributed by atoms with van der Waals surface area (Å²) in [5, 5.41) is 2.44. The van der Waals surface area contributed by atoms with Crippen molar-refractivity contribution >= 4 is 38.7 Å². The predicted molar refractivity (Wildman–Crippen MR) is 92.7 cm³/mol. The van der Waals surface area contributed by atoms with Crippen LogP contribution in [0.15, 0.2) is 41.8 Å². The number of hydrogen-bond donors (Lipinski definition) is 0. The average Bonchev–Trinajstić information content (AvgIpc) is 3.13. The van der Waals surface area contributed by atoms with E-state index in [9.17, 15) is 13.2 Å². The van der Waals surface area contributed by atoms with Gasteiger partial charge < -0.3 is 4.90 Å². The summed E-state index contributed by atoms with van der Waals surface area (Å²) in [5.74, 6) is -0.00505. The number of amides is 1. The second kappa shape index (κ2) is 6.63. The second-order valence-electron chi connectivity index (χ2n) is 5.58. The van der Waals surface area contributed by atoms with Crippen molar-refractivity contribution in [1.82, 2.24) is 4.90 Å². The van der Waals surface area contributed by atoms with Gasteiger partial charge in [0.1, 0.15) is 0 Å². The molecule has 3 rings (SSSR count). The van der Waals surface area contributed by atoms with Crippen LogP contribution in [0.4, 0.5) is 0 Å². The molecule has 0 N–H and O–H groups in total. The van der Waals surface area contributed by atoms with E-state index in [2.05, 4.69) is 0 Å². The third-order valence-corrected chi connectivity index (χ3v) is 6.73. The molecule has 0 unspecified atom stereocenters. The SMILES string of the molecule is O=C(c1cccc(Cl)c1)N(Cc1cccs1)[C@H]1CCS(=O)(=O)C1. The van der Waals surface area contributed by atoms with Crippen molar-refractivity contribution in [2.24, 2.45) is 0 Å². The number of rotatable bonds is 4. The van der Waals surface area contributed by atoms with Gasteiger partial charge in [-0.05, 0) is 36.1 Å². The molecule has 7 heteroatoms. The van der Waals surface area contributed by atoms with Crippen LogP contribution in [-0.2, 0) is 16.4 Å². The first-order valence-corrected chi connectivity index (χ1v) is 10.3. The molecule has 0 radical (unpaired) electrons. The molecule has 0 aliphatic carbocycles. The summed E-state index contributed by atoms with van der Waals surface area (Å²) < 4.78 is 23.6. The second-order valence-corrected chi connectivity index (χ2v) is 9.28. The maximum absolute atomic E-state index is 12.9. The number of halogens is 1. The highest BCUT2D eigenvalue weighted by atomic mass is 35.5. The Kier molecular flexibility index (Phi) is 4.75. The lowest BCUT2D eigenvalue weighted by Crippen LogP contribution is -2.40. The highest BCUT2D eigenvalue weighted by Gasteiger charge is 2.35. The molecule has 4 nitrogen and oxygen atoms in total. The minimum absolute atomic E-state index is 0.0324. The van der Waals surface area contributed by atoms with Gasteiger partial charge in [0, 0.05) is 21.5 Å². The van der Waals surface area contributed by atoms with Crippen molar-refractivity contribution < 1.29 is 13.2 Å². The van der Waals surface area contributed by atoms with Gasteiger partial charge in [0.05, 0.1) is 18.1 Å². The molecule has 1 amide bonds. The van der Waals surface area contributed by atoms with Crippen LogP contribution in [0, 0.1) is 0 Å². The summed E-state index contributed by atoms with van der Waals surface area (Å²) in [5.41, 5.74) is 0.485. The van der Waals surface area contributed by atoms with Gasteiger partial charge in [-0.2, -0.15) is 0 Å². The molecule has 0 spiro atoms. The molecule has 1 aromatic carbocycles. The van der Waals surface area contributed by atoms with Crippen LogP contribution < -0.4 is 0 Å². The van der Waals surface area contributed by atoms with E-state index >= 15 is 0 Å². The molecule has 1 saturated heterocycles. The quantitative estimate of drug-likeness (QED) is 0.831. The molecule has 2 aromatic rings. The standard InChI is InChI=1S/C16H16ClNO3S2/c17-13-4-1-3-12(9-13)16(19)18(10-15-5-2-7-22-15)14-6-8-23(20,21)11-14/h1-5,7,9,14H,6,8,10-11H2/t14-/m0/s1. The first kappa shape index (κ1) is 16.5. The van der Waals surface area contributed by atoms with E-state index in [0.717, 1.165) is 4.88 Å². The van der Waals surface area contributed by atoms with E-state index in [1.807, 2.05) is 17.5 Å². The molecule has 1 aliphatic rings. The summed E-state index contributed by atoms with van der Waals surface area (Å²) in [7, 11) is -3.06. The van der Waals surface area contributed by atoms with E-state index in [-0.39, 0.29) is 23.5 Å². The molecule has 1 aliphatic heterocycles. The molecular formula is C16H16ClNO3S2. The number of sulfone groups is 1. The topological polar surface area (TPSA) is 54.5 Å². The largest absolute Gasteiger partial charge is 0.329 e. The number of carbonyl (C=O) groups excluding carboxylic acids is 1. The molecule has 1 atom stereocenters. The Bertz CT molecular complexity index is 802. The molecule has 1 aromatic heterocycles. The molecule has 0 bridgehead atoms. The number of carbonyl (C=O) groups is 1. The average molecular weight is 370 g/mol. The summed E-state index contributed by atoms with van der Waals surface area (Å²) in [6, 6.07) is 10.4. The Morgan fingerprint density at radius 1 is 1.30 bits per heavy atom. The van der Waals surface area contributed by atoms with Gasteiger partial charge in [-0.1, -0.05) is 23.7 Å². The Hall–Kier alpha value is -1.37. The molecule has 122 valence electrons. The van der Waals surface area contributed by atoms with Gasteiger partial charge in [-0.25, -0.2) is 8.42 Å². The number of thiophene rings is 1. The monoisotopic (exact) mass is 369 g/mol. The zero-order chi connectivity index (χ0) is 16.4. The minimum atomic E-state index is -3.06. The maximum atomic E-state index is 12.9. The van der Waals surface area contributed by atoms with Crippen molar-refractivity contribution in [3.63, 3.8) is 0 Å². The van der Waals surface area contributed by atoms with E-state index in [4.69, 9.17) is 11.6 Å². The first-order valence-electron chi connectivity index (χ1n) is 7.24. The Morgan fingerprint density at radius 3 is 2.74 bits per heavy atom. The number of benzene rings is 1. The van der Waals surface area contributed by atoms with Crippen LogP contribution in [-0.4, -0.2) is 36.8 Å². The lowest BCUT2D eigenvalue weighted by Gasteiger charge is -2.28. The molecule has 23 heavy (non-hydrogen) atoms. The maximum Gasteiger partial charge on any atom is 0.254 e. The minimum Gasteiger partial charge on any atom is -0.329 e. The molecule has 2 heterocycles. The van der Waals surface area contributed by atoms with Crippen LogP contribution >= 0.6 is 22.9 Å². The van der Waals surface area contributed by atoms with Crippen LogP contribution in [0.2, 0.25) is 5.02 Å². The smallest absolute Gasteiger partial charge is 0.254 e. The highest BCUT2D eigenvalue weighted by Crippen LogP contribution is 2.24. The van der Waals surface area contributed by atoms with Gasteiger partial charge >= 0.3 is 0 Å². The third-order valence-electron chi connectivity index (χ3n) is 3.89. The van der Waals surface area contributed by atoms with Gasteiger partial charge in [-0.15, -0.1) is 11.3 Å². The number of hydrogen-bond acceptors (Lipinski definition) is 4. The molecular weight excluding hydrogens is 354 g/mol. The first-order chi connectivity index (χ1) is 10.9. The van der Waals surface area contributed by atoms with E-state index in [0.29, 0.717) is 23.6 Å². The predicted octanol–water partition coefficient (Wildman–Crippen LogP) is 3.23.